The lowest BCUT2D eigenvalue weighted by molar-refractivity contribution is -0.119. The van der Waals surface area contributed by atoms with Crippen LogP contribution in [0.25, 0.3) is 0 Å². The number of halogens is 2. The molecule has 106 valence electrons. The molecule has 0 radical (unpaired) electrons. The number of rotatable bonds is 6. The van der Waals surface area contributed by atoms with Gasteiger partial charge in [-0.2, -0.15) is 0 Å². The third-order valence-electron chi connectivity index (χ3n) is 2.59. The number of Topliss-reactive ketones (excluding diaryl/α,β-unsaturated/α-hetero) is 1. The van der Waals surface area contributed by atoms with Crippen LogP contribution in [0.2, 0.25) is 5.02 Å². The van der Waals surface area contributed by atoms with Crippen LogP contribution in [0.4, 0.5) is 4.39 Å². The second-order valence-electron chi connectivity index (χ2n) is 4.40. The molecule has 0 aliphatic heterocycles. The molecule has 7 heteroatoms. The molecule has 1 aromatic carbocycles. The monoisotopic (exact) mass is 307 g/mol. The van der Waals surface area contributed by atoms with Crippen LogP contribution in [0.3, 0.4) is 0 Å². The molecule has 0 spiro atoms. The zero-order valence-corrected chi connectivity index (χ0v) is 12.0. The summed E-state index contributed by atoms with van der Waals surface area (Å²) >= 11 is 5.71. The van der Waals surface area contributed by atoms with E-state index in [1.807, 2.05) is 0 Å². The summed E-state index contributed by atoms with van der Waals surface area (Å²) in [5, 5.41) is 0.328. The predicted octanol–water partition coefficient (Wildman–Crippen LogP) is 1.35. The van der Waals surface area contributed by atoms with Crippen molar-refractivity contribution in [3.05, 3.63) is 34.6 Å². The summed E-state index contributed by atoms with van der Waals surface area (Å²) in [5.74, 6) is -1.12. The van der Waals surface area contributed by atoms with E-state index in [2.05, 4.69) is 0 Å². The Kier molecular flexibility index (Phi) is 5.46. The minimum atomic E-state index is -3.17. The first-order valence-electron chi connectivity index (χ1n) is 5.59. The fourth-order valence-corrected chi connectivity index (χ4v) is 2.38. The number of sulfone groups is 1. The van der Waals surface area contributed by atoms with Gasteiger partial charge in [0.15, 0.2) is 5.78 Å². The van der Waals surface area contributed by atoms with Crippen LogP contribution < -0.4 is 5.73 Å². The Bertz CT molecular complexity index is 574. The molecule has 0 amide bonds. The molecule has 19 heavy (non-hydrogen) atoms. The standard InChI is InChI=1S/C12H15ClFNO3S/c1-19(17,18)5-4-11(15)12(16)7-8-6-9(13)2-3-10(8)14/h2-3,6,11H,4-5,7,15H2,1H3. The second kappa shape index (κ2) is 6.45. The molecule has 1 rings (SSSR count). The maximum absolute atomic E-state index is 13.4. The Labute approximate surface area is 116 Å². The number of hydrogen-bond donors (Lipinski definition) is 1. The number of benzene rings is 1. The topological polar surface area (TPSA) is 77.2 Å². The van der Waals surface area contributed by atoms with Crippen LogP contribution in [0.5, 0.6) is 0 Å². The summed E-state index contributed by atoms with van der Waals surface area (Å²) in [4.78, 5) is 11.8. The number of carbonyl (C=O) groups excluding carboxylic acids is 1. The fraction of sp³-hybridized carbons (Fsp3) is 0.417. The van der Waals surface area contributed by atoms with Crippen molar-refractivity contribution in [1.82, 2.24) is 0 Å². The van der Waals surface area contributed by atoms with E-state index in [9.17, 15) is 17.6 Å². The van der Waals surface area contributed by atoms with Crippen LogP contribution in [0, 0.1) is 5.82 Å². The predicted molar refractivity (Wildman–Crippen MR) is 72.4 cm³/mol. The van der Waals surface area contributed by atoms with E-state index in [-0.39, 0.29) is 24.2 Å². The summed E-state index contributed by atoms with van der Waals surface area (Å²) in [5.41, 5.74) is 5.75. The fourth-order valence-electron chi connectivity index (χ4n) is 1.50. The van der Waals surface area contributed by atoms with Gasteiger partial charge in [0.25, 0.3) is 0 Å². The highest BCUT2D eigenvalue weighted by Gasteiger charge is 2.18. The maximum Gasteiger partial charge on any atom is 0.154 e. The first-order valence-corrected chi connectivity index (χ1v) is 8.03. The van der Waals surface area contributed by atoms with Gasteiger partial charge < -0.3 is 5.73 Å². The smallest absolute Gasteiger partial charge is 0.154 e. The molecule has 0 saturated carbocycles. The highest BCUT2D eigenvalue weighted by atomic mass is 35.5. The molecule has 0 aromatic heterocycles. The number of hydrogen-bond acceptors (Lipinski definition) is 4. The van der Waals surface area contributed by atoms with Gasteiger partial charge in [-0.15, -0.1) is 0 Å². The Balaban J connectivity index is 2.66. The Hall–Kier alpha value is -0.980. The van der Waals surface area contributed by atoms with Crippen molar-refractivity contribution in [2.75, 3.05) is 12.0 Å². The minimum absolute atomic E-state index is 0.0276. The number of nitrogens with two attached hydrogens (primary N) is 1. The van der Waals surface area contributed by atoms with E-state index in [0.717, 1.165) is 6.26 Å². The van der Waals surface area contributed by atoms with Crippen molar-refractivity contribution >= 4 is 27.2 Å². The second-order valence-corrected chi connectivity index (χ2v) is 7.10. The number of carbonyl (C=O) groups is 1. The lowest BCUT2D eigenvalue weighted by Gasteiger charge is -2.10. The van der Waals surface area contributed by atoms with Gasteiger partial charge in [0.1, 0.15) is 15.7 Å². The van der Waals surface area contributed by atoms with E-state index < -0.39 is 27.5 Å². The van der Waals surface area contributed by atoms with Crippen LogP contribution >= 0.6 is 11.6 Å². The lowest BCUT2D eigenvalue weighted by Crippen LogP contribution is -2.33. The number of ketones is 1. The highest BCUT2D eigenvalue weighted by molar-refractivity contribution is 7.90. The van der Waals surface area contributed by atoms with E-state index >= 15 is 0 Å². The van der Waals surface area contributed by atoms with E-state index in [0.29, 0.717) is 5.02 Å². The molecular weight excluding hydrogens is 293 g/mol. The summed E-state index contributed by atoms with van der Waals surface area (Å²) in [6.07, 6.45) is 0.901. The third-order valence-corrected chi connectivity index (χ3v) is 3.80. The molecule has 0 bridgehead atoms. The van der Waals surface area contributed by atoms with E-state index in [1.54, 1.807) is 0 Å². The zero-order valence-electron chi connectivity index (χ0n) is 10.4. The van der Waals surface area contributed by atoms with Crippen LogP contribution in [0.1, 0.15) is 12.0 Å². The van der Waals surface area contributed by atoms with Gasteiger partial charge in [-0.25, -0.2) is 12.8 Å². The highest BCUT2D eigenvalue weighted by Crippen LogP contribution is 2.16. The Morgan fingerprint density at radius 3 is 2.68 bits per heavy atom. The summed E-state index contributed by atoms with van der Waals surface area (Å²) in [6.45, 7) is 0. The maximum atomic E-state index is 13.4. The minimum Gasteiger partial charge on any atom is -0.321 e. The SMILES string of the molecule is CS(=O)(=O)CCC(N)C(=O)Cc1cc(Cl)ccc1F. The average Bonchev–Trinajstić information content (AvgIpc) is 2.29. The van der Waals surface area contributed by atoms with Gasteiger partial charge in [0, 0.05) is 17.7 Å². The molecule has 0 aliphatic carbocycles. The zero-order chi connectivity index (χ0) is 14.6. The molecule has 0 aliphatic rings. The molecule has 1 atom stereocenters. The first kappa shape index (κ1) is 16.1. The van der Waals surface area contributed by atoms with Gasteiger partial charge in [0.05, 0.1) is 11.8 Å². The molecule has 2 N–H and O–H groups in total. The van der Waals surface area contributed by atoms with Gasteiger partial charge in [-0.05, 0) is 30.2 Å². The van der Waals surface area contributed by atoms with Gasteiger partial charge in [-0.3, -0.25) is 4.79 Å². The Morgan fingerprint density at radius 1 is 1.47 bits per heavy atom. The lowest BCUT2D eigenvalue weighted by atomic mass is 10.0. The van der Waals surface area contributed by atoms with Crippen molar-refractivity contribution < 1.29 is 17.6 Å². The Morgan fingerprint density at radius 2 is 2.11 bits per heavy atom. The van der Waals surface area contributed by atoms with Crippen LogP contribution in [-0.4, -0.2) is 32.3 Å². The molecule has 1 unspecified atom stereocenters. The largest absolute Gasteiger partial charge is 0.321 e. The van der Waals surface area contributed by atoms with E-state index in [4.69, 9.17) is 17.3 Å². The summed E-state index contributed by atoms with van der Waals surface area (Å²) < 4.78 is 35.4. The van der Waals surface area contributed by atoms with Gasteiger partial charge in [-0.1, -0.05) is 11.6 Å². The van der Waals surface area contributed by atoms with Gasteiger partial charge >= 0.3 is 0 Å². The molecule has 0 saturated heterocycles. The van der Waals surface area contributed by atoms with Gasteiger partial charge in [0.2, 0.25) is 0 Å². The summed E-state index contributed by atoms with van der Waals surface area (Å²) in [7, 11) is -3.17. The third kappa shape index (κ3) is 5.67. The van der Waals surface area contributed by atoms with Crippen molar-refractivity contribution in [2.24, 2.45) is 5.73 Å². The summed E-state index contributed by atoms with van der Waals surface area (Å²) in [6, 6.07) is 2.99. The van der Waals surface area contributed by atoms with Crippen molar-refractivity contribution in [2.45, 2.75) is 18.9 Å². The van der Waals surface area contributed by atoms with Crippen molar-refractivity contribution in [3.63, 3.8) is 0 Å². The van der Waals surface area contributed by atoms with Crippen LogP contribution in [0.15, 0.2) is 18.2 Å². The molecule has 4 nitrogen and oxygen atoms in total. The van der Waals surface area contributed by atoms with Crippen LogP contribution in [-0.2, 0) is 21.1 Å². The normalized spacial score (nSPS) is 13.3. The molecular formula is C12H15ClFNO3S. The van der Waals surface area contributed by atoms with E-state index in [1.165, 1.54) is 18.2 Å². The average molecular weight is 308 g/mol. The molecule has 1 aromatic rings. The van der Waals surface area contributed by atoms with Crippen molar-refractivity contribution in [3.8, 4) is 0 Å². The quantitative estimate of drug-likeness (QED) is 0.860. The molecule has 0 heterocycles. The van der Waals surface area contributed by atoms with Crippen molar-refractivity contribution in [1.29, 1.82) is 0 Å². The first-order chi connectivity index (χ1) is 8.69. The molecule has 0 fully saturated rings.